The molecule has 0 aliphatic rings. The Labute approximate surface area is 153 Å². The van der Waals surface area contributed by atoms with E-state index in [0.29, 0.717) is 17.9 Å². The number of likely N-dealkylation sites (N-methyl/N-ethyl adjacent to an activating group) is 1. The van der Waals surface area contributed by atoms with Crippen LogP contribution in [0.3, 0.4) is 0 Å². The maximum absolute atomic E-state index is 12.1. The Balaban J connectivity index is 1.94. The summed E-state index contributed by atoms with van der Waals surface area (Å²) in [4.78, 5) is 14.2. The minimum absolute atomic E-state index is 0.000412. The quantitative estimate of drug-likeness (QED) is 0.789. The number of nitrogens with zero attached hydrogens (tertiary/aromatic N) is 2. The molecule has 1 amide bonds. The lowest BCUT2D eigenvalue weighted by atomic mass is 10.1. The van der Waals surface area contributed by atoms with Crippen molar-refractivity contribution >= 4 is 5.91 Å². The summed E-state index contributed by atoms with van der Waals surface area (Å²) < 4.78 is 10.7. The van der Waals surface area contributed by atoms with E-state index in [9.17, 15) is 4.79 Å². The van der Waals surface area contributed by atoms with Crippen LogP contribution < -0.4 is 14.8 Å². The van der Waals surface area contributed by atoms with E-state index in [1.165, 1.54) is 0 Å². The van der Waals surface area contributed by atoms with E-state index in [1.807, 2.05) is 49.3 Å². The molecule has 0 spiro atoms. The molecule has 6 nitrogen and oxygen atoms in total. The second-order valence-corrected chi connectivity index (χ2v) is 5.96. The second-order valence-electron chi connectivity index (χ2n) is 5.96. The van der Waals surface area contributed by atoms with E-state index in [0.717, 1.165) is 11.3 Å². The van der Waals surface area contributed by atoms with Crippen molar-refractivity contribution in [3.8, 4) is 17.6 Å². The lowest BCUT2D eigenvalue weighted by Gasteiger charge is -2.25. The number of ether oxygens (including phenoxy) is 2. The van der Waals surface area contributed by atoms with Crippen LogP contribution in [0.2, 0.25) is 0 Å². The predicted octanol–water partition coefficient (Wildman–Crippen LogP) is 2.36. The standard InChI is InChI=1S/C20H23N3O3/c1-23(2)18(15-8-6-9-17(11-15)25-3)13-22-20(24)14-26-19-10-5-4-7-16(19)12-21/h4-11,18H,13-14H2,1-3H3,(H,22,24). The fraction of sp³-hybridized carbons (Fsp3) is 0.300. The normalized spacial score (nSPS) is 11.5. The van der Waals surface area contributed by atoms with Crippen molar-refractivity contribution in [3.05, 3.63) is 59.7 Å². The van der Waals surface area contributed by atoms with Gasteiger partial charge in [-0.3, -0.25) is 4.79 Å². The van der Waals surface area contributed by atoms with Gasteiger partial charge in [-0.1, -0.05) is 24.3 Å². The Morgan fingerprint density at radius 3 is 2.69 bits per heavy atom. The first-order valence-electron chi connectivity index (χ1n) is 8.24. The van der Waals surface area contributed by atoms with E-state index in [1.54, 1.807) is 31.4 Å². The van der Waals surface area contributed by atoms with Crippen LogP contribution >= 0.6 is 0 Å². The Bertz CT molecular complexity index is 784. The largest absolute Gasteiger partial charge is 0.497 e. The van der Waals surface area contributed by atoms with Crippen molar-refractivity contribution in [2.75, 3.05) is 34.4 Å². The van der Waals surface area contributed by atoms with E-state index >= 15 is 0 Å². The zero-order valence-electron chi connectivity index (χ0n) is 15.2. The van der Waals surface area contributed by atoms with Gasteiger partial charge in [-0.05, 0) is 43.9 Å². The topological polar surface area (TPSA) is 74.6 Å². The SMILES string of the molecule is COc1cccc(C(CNC(=O)COc2ccccc2C#N)N(C)C)c1. The predicted molar refractivity (Wildman–Crippen MR) is 99.1 cm³/mol. The van der Waals surface area contributed by atoms with Crippen LogP contribution in [0.5, 0.6) is 11.5 Å². The molecule has 0 radical (unpaired) electrons. The number of methoxy groups -OCH3 is 1. The summed E-state index contributed by atoms with van der Waals surface area (Å²) in [6.45, 7) is 0.291. The number of nitrogens with one attached hydrogen (secondary N) is 1. The zero-order chi connectivity index (χ0) is 18.9. The molecule has 0 aliphatic heterocycles. The van der Waals surface area contributed by atoms with Crippen LogP contribution in [0, 0.1) is 11.3 Å². The van der Waals surface area contributed by atoms with Gasteiger partial charge in [-0.2, -0.15) is 5.26 Å². The number of para-hydroxylation sites is 1. The molecule has 2 rings (SSSR count). The van der Waals surface area contributed by atoms with E-state index < -0.39 is 0 Å². The molecule has 0 bridgehead atoms. The number of hydrogen-bond acceptors (Lipinski definition) is 5. The zero-order valence-corrected chi connectivity index (χ0v) is 15.2. The van der Waals surface area contributed by atoms with Crippen molar-refractivity contribution < 1.29 is 14.3 Å². The molecule has 2 aromatic carbocycles. The minimum Gasteiger partial charge on any atom is -0.497 e. The summed E-state index contributed by atoms with van der Waals surface area (Å²) >= 11 is 0. The lowest BCUT2D eigenvalue weighted by Crippen LogP contribution is -2.36. The number of nitriles is 1. The first-order chi connectivity index (χ1) is 12.5. The van der Waals surface area contributed by atoms with Gasteiger partial charge in [0.2, 0.25) is 0 Å². The molecule has 1 N–H and O–H groups in total. The maximum atomic E-state index is 12.1. The van der Waals surface area contributed by atoms with Gasteiger partial charge in [0.1, 0.15) is 17.6 Å². The molecule has 0 fully saturated rings. The van der Waals surface area contributed by atoms with Crippen molar-refractivity contribution in [1.82, 2.24) is 10.2 Å². The Morgan fingerprint density at radius 2 is 2.00 bits per heavy atom. The van der Waals surface area contributed by atoms with Crippen LogP contribution in [0.4, 0.5) is 0 Å². The molecule has 136 valence electrons. The summed E-state index contributed by atoms with van der Waals surface area (Å²) in [5.41, 5.74) is 1.45. The molecular weight excluding hydrogens is 330 g/mol. The van der Waals surface area contributed by atoms with Gasteiger partial charge in [-0.25, -0.2) is 0 Å². The van der Waals surface area contributed by atoms with Crippen LogP contribution in [0.25, 0.3) is 0 Å². The highest BCUT2D eigenvalue weighted by Crippen LogP contribution is 2.22. The van der Waals surface area contributed by atoms with Crippen LogP contribution in [-0.4, -0.2) is 45.2 Å². The number of carbonyl (C=O) groups is 1. The fourth-order valence-corrected chi connectivity index (χ4v) is 2.54. The van der Waals surface area contributed by atoms with Gasteiger partial charge in [0.15, 0.2) is 6.61 Å². The molecule has 6 heteroatoms. The molecule has 2 aromatic rings. The van der Waals surface area contributed by atoms with E-state index in [4.69, 9.17) is 14.7 Å². The van der Waals surface area contributed by atoms with Gasteiger partial charge >= 0.3 is 0 Å². The summed E-state index contributed by atoms with van der Waals surface area (Å²) in [6, 6.07) is 16.6. The molecular formula is C20H23N3O3. The molecule has 1 atom stereocenters. The highest BCUT2D eigenvalue weighted by molar-refractivity contribution is 5.77. The molecule has 0 aliphatic carbocycles. The lowest BCUT2D eigenvalue weighted by molar-refractivity contribution is -0.123. The van der Waals surface area contributed by atoms with Crippen LogP contribution in [-0.2, 0) is 4.79 Å². The van der Waals surface area contributed by atoms with Crippen molar-refractivity contribution in [2.24, 2.45) is 0 Å². The number of benzene rings is 2. The molecule has 0 aromatic heterocycles. The fourth-order valence-electron chi connectivity index (χ4n) is 2.54. The average Bonchev–Trinajstić information content (AvgIpc) is 2.66. The monoisotopic (exact) mass is 353 g/mol. The third-order valence-corrected chi connectivity index (χ3v) is 3.96. The number of rotatable bonds is 8. The van der Waals surface area contributed by atoms with E-state index in [-0.39, 0.29) is 18.6 Å². The minimum atomic E-state index is -0.243. The van der Waals surface area contributed by atoms with Gasteiger partial charge in [0.05, 0.1) is 18.7 Å². The Morgan fingerprint density at radius 1 is 1.23 bits per heavy atom. The van der Waals surface area contributed by atoms with Crippen LogP contribution in [0.1, 0.15) is 17.2 Å². The summed E-state index contributed by atoms with van der Waals surface area (Å²) in [5, 5.41) is 11.9. The van der Waals surface area contributed by atoms with E-state index in [2.05, 4.69) is 5.32 Å². The average molecular weight is 353 g/mol. The number of amides is 1. The molecule has 0 saturated carbocycles. The molecule has 1 unspecified atom stereocenters. The third kappa shape index (κ3) is 5.23. The van der Waals surface area contributed by atoms with Gasteiger partial charge in [0, 0.05) is 6.54 Å². The number of hydrogen-bond donors (Lipinski definition) is 1. The first kappa shape index (κ1) is 19.3. The van der Waals surface area contributed by atoms with Crippen molar-refractivity contribution in [1.29, 1.82) is 5.26 Å². The first-order valence-corrected chi connectivity index (χ1v) is 8.24. The van der Waals surface area contributed by atoms with Gasteiger partial charge in [-0.15, -0.1) is 0 Å². The second kappa shape index (κ2) is 9.44. The van der Waals surface area contributed by atoms with Gasteiger partial charge < -0.3 is 19.7 Å². The smallest absolute Gasteiger partial charge is 0.258 e. The summed E-state index contributed by atoms with van der Waals surface area (Å²) in [6.07, 6.45) is 0. The Kier molecular flexibility index (Phi) is 7.01. The van der Waals surface area contributed by atoms with Crippen LogP contribution in [0.15, 0.2) is 48.5 Å². The summed E-state index contributed by atoms with van der Waals surface area (Å²) in [5.74, 6) is 0.937. The number of carbonyl (C=O) groups excluding carboxylic acids is 1. The van der Waals surface area contributed by atoms with Crippen molar-refractivity contribution in [2.45, 2.75) is 6.04 Å². The highest BCUT2D eigenvalue weighted by atomic mass is 16.5. The molecule has 0 heterocycles. The van der Waals surface area contributed by atoms with Crippen molar-refractivity contribution in [3.63, 3.8) is 0 Å². The van der Waals surface area contributed by atoms with Gasteiger partial charge in [0.25, 0.3) is 5.91 Å². The summed E-state index contributed by atoms with van der Waals surface area (Å²) in [7, 11) is 5.54. The maximum Gasteiger partial charge on any atom is 0.258 e. The molecule has 0 saturated heterocycles. The molecule has 26 heavy (non-hydrogen) atoms. The third-order valence-electron chi connectivity index (χ3n) is 3.96. The Hall–Kier alpha value is -3.04. The highest BCUT2D eigenvalue weighted by Gasteiger charge is 2.16.